The smallest absolute Gasteiger partial charge is 0.412 e. The molecule has 0 saturated heterocycles. The number of hydrogen-bond acceptors (Lipinski definition) is 6. The minimum atomic E-state index is -0.781. The lowest BCUT2D eigenvalue weighted by atomic mass is 10.0. The Bertz CT molecular complexity index is 1460. The number of nitrogens with one attached hydrogen (secondary N) is 2. The lowest BCUT2D eigenvalue weighted by Crippen LogP contribution is -2.28. The van der Waals surface area contributed by atoms with Crippen LogP contribution < -0.4 is 15.4 Å². The molecule has 0 heterocycles. The van der Waals surface area contributed by atoms with Crippen molar-refractivity contribution in [1.82, 2.24) is 0 Å². The first-order valence-corrected chi connectivity index (χ1v) is 12.6. The number of nitrogens with zero attached hydrogens (tertiary/aromatic N) is 1. The Balaban J connectivity index is 2.03. The van der Waals surface area contributed by atoms with Crippen LogP contribution in [0.25, 0.3) is 11.1 Å². The molecule has 0 aliphatic rings. The van der Waals surface area contributed by atoms with E-state index in [0.29, 0.717) is 22.4 Å². The summed E-state index contributed by atoms with van der Waals surface area (Å²) >= 11 is 0. The Kier molecular flexibility index (Phi) is 8.95. The van der Waals surface area contributed by atoms with Gasteiger partial charge in [0.15, 0.2) is 5.78 Å². The Labute approximate surface area is 233 Å². The van der Waals surface area contributed by atoms with E-state index < -0.39 is 41.2 Å². The molecule has 0 radical (unpaired) electrons. The molecule has 0 atom stereocenters. The van der Waals surface area contributed by atoms with Gasteiger partial charge in [-0.05, 0) is 77.4 Å². The van der Waals surface area contributed by atoms with E-state index in [1.165, 1.54) is 24.3 Å². The zero-order valence-electron chi connectivity index (χ0n) is 23.3. The fourth-order valence-electron chi connectivity index (χ4n) is 3.67. The summed E-state index contributed by atoms with van der Waals surface area (Å²) in [5, 5.41) is 14.4. The molecule has 2 N–H and O–H groups in total. The molecular weight excluding hydrogens is 513 g/mol. The van der Waals surface area contributed by atoms with Gasteiger partial charge in [0.1, 0.15) is 22.8 Å². The van der Waals surface area contributed by atoms with Crippen molar-refractivity contribution in [2.24, 2.45) is 0 Å². The summed E-state index contributed by atoms with van der Waals surface area (Å²) in [6, 6.07) is 16.9. The third kappa shape index (κ3) is 8.67. The summed E-state index contributed by atoms with van der Waals surface area (Å²) in [6.07, 6.45) is -1.27. The summed E-state index contributed by atoms with van der Waals surface area (Å²) in [5.41, 5.74) is 0.582. The SMILES string of the molecule is CC(C)(C)OC(=O)Nc1cc(OC(C)(C)C)c(-c2ccc(F)cc2)cc1NC(=O)CC(=O)c1cccc(C#N)c1. The first-order valence-electron chi connectivity index (χ1n) is 12.6. The van der Waals surface area contributed by atoms with Crippen molar-refractivity contribution in [1.29, 1.82) is 5.26 Å². The molecule has 0 unspecified atom stereocenters. The number of nitriles is 1. The van der Waals surface area contributed by atoms with E-state index in [4.69, 9.17) is 14.7 Å². The number of hydrogen-bond donors (Lipinski definition) is 2. The number of anilines is 2. The maximum absolute atomic E-state index is 13.7. The van der Waals surface area contributed by atoms with E-state index in [1.807, 2.05) is 26.8 Å². The van der Waals surface area contributed by atoms with Crippen molar-refractivity contribution >= 4 is 29.2 Å². The average Bonchev–Trinajstić information content (AvgIpc) is 2.84. The number of ether oxygens (including phenoxy) is 2. The Morgan fingerprint density at radius 3 is 2.12 bits per heavy atom. The molecule has 0 aromatic heterocycles. The molecule has 0 aliphatic carbocycles. The lowest BCUT2D eigenvalue weighted by Gasteiger charge is -2.26. The number of amides is 2. The molecule has 9 heteroatoms. The second kappa shape index (κ2) is 12.0. The summed E-state index contributed by atoms with van der Waals surface area (Å²) in [6.45, 7) is 10.7. The third-order valence-corrected chi connectivity index (χ3v) is 5.24. The van der Waals surface area contributed by atoms with Crippen LogP contribution in [0, 0.1) is 17.1 Å². The molecule has 208 valence electrons. The van der Waals surface area contributed by atoms with Crippen molar-refractivity contribution in [3.63, 3.8) is 0 Å². The fraction of sp³-hybridized carbons (Fsp3) is 0.290. The first-order chi connectivity index (χ1) is 18.6. The highest BCUT2D eigenvalue weighted by Crippen LogP contribution is 2.40. The second-order valence-electron chi connectivity index (χ2n) is 11.1. The van der Waals surface area contributed by atoms with Crippen LogP contribution in [0.2, 0.25) is 0 Å². The van der Waals surface area contributed by atoms with E-state index in [2.05, 4.69) is 10.6 Å². The molecule has 0 fully saturated rings. The molecule has 3 rings (SSSR count). The molecule has 0 spiro atoms. The predicted molar refractivity (Wildman–Crippen MR) is 151 cm³/mol. The zero-order valence-corrected chi connectivity index (χ0v) is 23.3. The molecule has 0 aliphatic heterocycles. The van der Waals surface area contributed by atoms with Gasteiger partial charge >= 0.3 is 6.09 Å². The minimum absolute atomic E-state index is 0.173. The minimum Gasteiger partial charge on any atom is -0.487 e. The highest BCUT2D eigenvalue weighted by Gasteiger charge is 2.23. The number of Topliss-reactive ketones (excluding diaryl/α,β-unsaturated/α-hetero) is 1. The maximum atomic E-state index is 13.7. The monoisotopic (exact) mass is 545 g/mol. The van der Waals surface area contributed by atoms with Gasteiger partial charge in [-0.2, -0.15) is 5.26 Å². The maximum Gasteiger partial charge on any atom is 0.412 e. The molecule has 8 nitrogen and oxygen atoms in total. The van der Waals surface area contributed by atoms with Crippen molar-refractivity contribution in [2.75, 3.05) is 10.6 Å². The first kappa shape index (κ1) is 29.8. The van der Waals surface area contributed by atoms with Gasteiger partial charge in [-0.1, -0.05) is 24.3 Å². The second-order valence-corrected chi connectivity index (χ2v) is 11.1. The van der Waals surface area contributed by atoms with Crippen LogP contribution in [0.1, 0.15) is 63.9 Å². The summed E-state index contributed by atoms with van der Waals surface area (Å²) in [7, 11) is 0. The Morgan fingerprint density at radius 1 is 0.875 bits per heavy atom. The van der Waals surface area contributed by atoms with E-state index in [0.717, 1.165) is 0 Å². The fourth-order valence-corrected chi connectivity index (χ4v) is 3.67. The molecule has 2 amide bonds. The topological polar surface area (TPSA) is 118 Å². The average molecular weight is 546 g/mol. The molecule has 3 aromatic carbocycles. The highest BCUT2D eigenvalue weighted by atomic mass is 19.1. The van der Waals surface area contributed by atoms with E-state index >= 15 is 0 Å². The number of rotatable bonds is 7. The van der Waals surface area contributed by atoms with Crippen LogP contribution in [-0.4, -0.2) is 29.0 Å². The number of ketones is 1. The van der Waals surface area contributed by atoms with Crippen molar-refractivity contribution in [3.05, 3.63) is 77.6 Å². The van der Waals surface area contributed by atoms with Crippen LogP contribution in [0.15, 0.2) is 60.7 Å². The van der Waals surface area contributed by atoms with E-state index in [1.54, 1.807) is 57.2 Å². The Hall–Kier alpha value is -4.71. The number of carbonyl (C=O) groups is 3. The summed E-state index contributed by atoms with van der Waals surface area (Å²) in [4.78, 5) is 38.4. The van der Waals surface area contributed by atoms with Crippen molar-refractivity contribution in [2.45, 2.75) is 59.2 Å². The molecule has 40 heavy (non-hydrogen) atoms. The largest absolute Gasteiger partial charge is 0.487 e. The van der Waals surface area contributed by atoms with Crippen molar-refractivity contribution in [3.8, 4) is 22.9 Å². The number of carbonyl (C=O) groups excluding carboxylic acids is 3. The zero-order chi connectivity index (χ0) is 29.7. The van der Waals surface area contributed by atoms with E-state index in [9.17, 15) is 18.8 Å². The molecule has 0 saturated carbocycles. The Morgan fingerprint density at radius 2 is 1.52 bits per heavy atom. The number of benzene rings is 3. The van der Waals surface area contributed by atoms with Gasteiger partial charge in [-0.3, -0.25) is 14.9 Å². The third-order valence-electron chi connectivity index (χ3n) is 5.24. The van der Waals surface area contributed by atoms with Crippen LogP contribution in [0.4, 0.5) is 20.6 Å². The molecule has 3 aromatic rings. The summed E-state index contributed by atoms with van der Waals surface area (Å²) in [5.74, 6) is -1.18. The van der Waals surface area contributed by atoms with Crippen LogP contribution in [-0.2, 0) is 9.53 Å². The van der Waals surface area contributed by atoms with Gasteiger partial charge < -0.3 is 14.8 Å². The van der Waals surface area contributed by atoms with Crippen molar-refractivity contribution < 1.29 is 28.2 Å². The van der Waals surface area contributed by atoms with Crippen LogP contribution in [0.3, 0.4) is 0 Å². The van der Waals surface area contributed by atoms with Gasteiger partial charge in [0.05, 0.1) is 29.4 Å². The van der Waals surface area contributed by atoms with Gasteiger partial charge in [0.2, 0.25) is 5.91 Å². The van der Waals surface area contributed by atoms with Crippen LogP contribution >= 0.6 is 0 Å². The van der Waals surface area contributed by atoms with Gasteiger partial charge in [-0.15, -0.1) is 0 Å². The normalized spacial score (nSPS) is 11.2. The highest BCUT2D eigenvalue weighted by molar-refractivity contribution is 6.12. The van der Waals surface area contributed by atoms with E-state index in [-0.39, 0.29) is 16.9 Å². The number of halogens is 1. The quantitative estimate of drug-likeness (QED) is 0.242. The van der Waals surface area contributed by atoms with Gasteiger partial charge in [0, 0.05) is 17.2 Å². The lowest BCUT2D eigenvalue weighted by molar-refractivity contribution is -0.115. The van der Waals surface area contributed by atoms with Crippen LogP contribution in [0.5, 0.6) is 5.75 Å². The predicted octanol–water partition coefficient (Wildman–Crippen LogP) is 7.10. The summed E-state index contributed by atoms with van der Waals surface area (Å²) < 4.78 is 25.2. The molecular formula is C31H32FN3O5. The standard InChI is InChI=1S/C31H32FN3O5/c1-30(2,3)39-27-16-25(35-29(38)40-31(4,5)6)24(15-23(27)20-10-12-22(32)13-11-20)34-28(37)17-26(36)21-9-7-8-19(14-21)18-33/h7-16H,17H2,1-6H3,(H,34,37)(H,35,38). The van der Waals surface area contributed by atoms with Gasteiger partial charge in [-0.25, -0.2) is 9.18 Å². The van der Waals surface area contributed by atoms with Gasteiger partial charge in [0.25, 0.3) is 0 Å². The molecule has 0 bridgehead atoms.